The van der Waals surface area contributed by atoms with E-state index in [9.17, 15) is 0 Å². The highest BCUT2D eigenvalue weighted by Crippen LogP contribution is 2.34. The number of ether oxygens (including phenoxy) is 2. The van der Waals surface area contributed by atoms with Crippen LogP contribution in [0.25, 0.3) is 11.1 Å². The molecule has 2 rings (SSSR count). The summed E-state index contributed by atoms with van der Waals surface area (Å²) in [5.74, 6) is 1.35. The molecule has 3 nitrogen and oxygen atoms in total. The van der Waals surface area contributed by atoms with E-state index in [2.05, 4.69) is 6.07 Å². The molecule has 0 bridgehead atoms. The van der Waals surface area contributed by atoms with Crippen molar-refractivity contribution in [3.63, 3.8) is 0 Å². The average Bonchev–Trinajstić information content (AvgIpc) is 2.47. The molecule has 0 heterocycles. The number of hydrogen-bond acceptors (Lipinski definition) is 3. The molecule has 0 aliphatic rings. The van der Waals surface area contributed by atoms with Crippen LogP contribution in [-0.4, -0.2) is 14.2 Å². The summed E-state index contributed by atoms with van der Waals surface area (Å²) >= 11 is 6.19. The molecule has 2 aromatic rings. The summed E-state index contributed by atoms with van der Waals surface area (Å²) in [4.78, 5) is 0. The number of benzene rings is 2. The molecule has 0 N–H and O–H groups in total. The van der Waals surface area contributed by atoms with Gasteiger partial charge in [-0.25, -0.2) is 0 Å². The van der Waals surface area contributed by atoms with E-state index in [1.54, 1.807) is 38.5 Å². The first-order valence-corrected chi connectivity index (χ1v) is 5.99. The van der Waals surface area contributed by atoms with Crippen molar-refractivity contribution in [3.8, 4) is 28.7 Å². The molecule has 0 spiro atoms. The number of rotatable bonds is 3. The fourth-order valence-corrected chi connectivity index (χ4v) is 2.01. The number of nitriles is 1. The largest absolute Gasteiger partial charge is 0.497 e. The third kappa shape index (κ3) is 2.81. The van der Waals surface area contributed by atoms with E-state index >= 15 is 0 Å². The monoisotopic (exact) mass is 273 g/mol. The quantitative estimate of drug-likeness (QED) is 0.852. The zero-order valence-corrected chi connectivity index (χ0v) is 11.4. The predicted molar refractivity (Wildman–Crippen MR) is 74.7 cm³/mol. The Labute approximate surface area is 117 Å². The Kier molecular flexibility index (Phi) is 3.94. The van der Waals surface area contributed by atoms with Crippen molar-refractivity contribution < 1.29 is 9.47 Å². The topological polar surface area (TPSA) is 42.2 Å². The lowest BCUT2D eigenvalue weighted by atomic mass is 10.0. The Morgan fingerprint density at radius 3 is 2.16 bits per heavy atom. The van der Waals surface area contributed by atoms with E-state index in [-0.39, 0.29) is 0 Å². The van der Waals surface area contributed by atoms with Gasteiger partial charge in [-0.3, -0.25) is 0 Å². The number of halogens is 1. The highest BCUT2D eigenvalue weighted by atomic mass is 35.5. The van der Waals surface area contributed by atoms with Crippen molar-refractivity contribution in [2.24, 2.45) is 0 Å². The van der Waals surface area contributed by atoms with Crippen LogP contribution in [0.2, 0.25) is 5.02 Å². The molecule has 0 amide bonds. The van der Waals surface area contributed by atoms with Crippen LogP contribution in [-0.2, 0) is 0 Å². The number of nitrogens with zero attached hydrogens (tertiary/aromatic N) is 1. The van der Waals surface area contributed by atoms with E-state index in [1.165, 1.54) is 0 Å². The Balaban J connectivity index is 2.61. The van der Waals surface area contributed by atoms with Gasteiger partial charge >= 0.3 is 0 Å². The minimum absolute atomic E-state index is 0.557. The first kappa shape index (κ1) is 13.3. The van der Waals surface area contributed by atoms with Crippen LogP contribution in [0.3, 0.4) is 0 Å². The molecule has 0 saturated heterocycles. The van der Waals surface area contributed by atoms with Gasteiger partial charge in [0.2, 0.25) is 0 Å². The maximum Gasteiger partial charge on any atom is 0.123 e. The van der Waals surface area contributed by atoms with Gasteiger partial charge < -0.3 is 9.47 Å². The second-order valence-corrected chi connectivity index (χ2v) is 4.31. The highest BCUT2D eigenvalue weighted by Gasteiger charge is 2.08. The predicted octanol–water partition coefficient (Wildman–Crippen LogP) is 3.90. The first-order chi connectivity index (χ1) is 9.17. The van der Waals surface area contributed by atoms with E-state index in [0.717, 1.165) is 11.1 Å². The van der Waals surface area contributed by atoms with Crippen LogP contribution in [0.4, 0.5) is 0 Å². The van der Waals surface area contributed by atoms with Crippen molar-refractivity contribution in [1.29, 1.82) is 5.26 Å². The van der Waals surface area contributed by atoms with Crippen molar-refractivity contribution in [1.82, 2.24) is 0 Å². The highest BCUT2D eigenvalue weighted by molar-refractivity contribution is 6.33. The van der Waals surface area contributed by atoms with Gasteiger partial charge in [0, 0.05) is 16.7 Å². The fraction of sp³-hybridized carbons (Fsp3) is 0.133. The van der Waals surface area contributed by atoms with Crippen molar-refractivity contribution in [3.05, 3.63) is 47.0 Å². The van der Waals surface area contributed by atoms with Gasteiger partial charge in [-0.15, -0.1) is 0 Å². The van der Waals surface area contributed by atoms with E-state index in [0.29, 0.717) is 22.1 Å². The smallest absolute Gasteiger partial charge is 0.123 e. The second kappa shape index (κ2) is 5.64. The molecule has 0 radical (unpaired) electrons. The molecular formula is C15H12ClNO2. The Bertz CT molecular complexity index is 625. The van der Waals surface area contributed by atoms with Crippen LogP contribution in [0.1, 0.15) is 5.56 Å². The van der Waals surface area contributed by atoms with Crippen LogP contribution in [0.5, 0.6) is 11.5 Å². The lowest BCUT2D eigenvalue weighted by Gasteiger charge is -2.10. The standard InChI is InChI=1S/C15H12ClNO2/c1-18-12-6-11(7-13(8-12)19-2)14-5-10(9-17)3-4-15(14)16/h3-8H,1-2H3. The molecule has 0 fully saturated rings. The Morgan fingerprint density at radius 1 is 1.00 bits per heavy atom. The van der Waals surface area contributed by atoms with Crippen molar-refractivity contribution in [2.45, 2.75) is 0 Å². The molecule has 0 aliphatic carbocycles. The summed E-state index contributed by atoms with van der Waals surface area (Å²) in [6, 6.07) is 12.7. The molecule has 4 heteroatoms. The molecule has 0 atom stereocenters. The van der Waals surface area contributed by atoms with Gasteiger partial charge in [-0.05, 0) is 35.9 Å². The third-order valence-electron chi connectivity index (χ3n) is 2.76. The molecule has 2 aromatic carbocycles. The molecule has 96 valence electrons. The fourth-order valence-electron chi connectivity index (χ4n) is 1.78. The molecule has 0 unspecified atom stereocenters. The van der Waals surface area contributed by atoms with Gasteiger partial charge in [0.05, 0.1) is 25.9 Å². The number of hydrogen-bond donors (Lipinski definition) is 0. The Morgan fingerprint density at radius 2 is 1.63 bits per heavy atom. The second-order valence-electron chi connectivity index (χ2n) is 3.91. The SMILES string of the molecule is COc1cc(OC)cc(-c2cc(C#N)ccc2Cl)c1. The maximum atomic E-state index is 8.96. The normalized spacial score (nSPS) is 9.79. The summed E-state index contributed by atoms with van der Waals surface area (Å²) in [6.45, 7) is 0. The van der Waals surface area contributed by atoms with Crippen molar-refractivity contribution >= 4 is 11.6 Å². The van der Waals surface area contributed by atoms with E-state index in [4.69, 9.17) is 26.3 Å². The van der Waals surface area contributed by atoms with Gasteiger partial charge in [0.15, 0.2) is 0 Å². The van der Waals surface area contributed by atoms with Crippen molar-refractivity contribution in [2.75, 3.05) is 14.2 Å². The summed E-state index contributed by atoms with van der Waals surface area (Å²) in [6.07, 6.45) is 0. The third-order valence-corrected chi connectivity index (χ3v) is 3.09. The van der Waals surface area contributed by atoms with Gasteiger partial charge in [-0.1, -0.05) is 11.6 Å². The molecular weight excluding hydrogens is 262 g/mol. The summed E-state index contributed by atoms with van der Waals surface area (Å²) in [5, 5.41) is 9.54. The van der Waals surface area contributed by atoms with Crippen LogP contribution >= 0.6 is 11.6 Å². The summed E-state index contributed by atoms with van der Waals surface area (Å²) < 4.78 is 10.5. The average molecular weight is 274 g/mol. The maximum absolute atomic E-state index is 8.96. The van der Waals surface area contributed by atoms with Gasteiger partial charge in [0.25, 0.3) is 0 Å². The first-order valence-electron chi connectivity index (χ1n) is 5.61. The van der Waals surface area contributed by atoms with E-state index < -0.39 is 0 Å². The molecule has 0 saturated carbocycles. The lowest BCUT2D eigenvalue weighted by Crippen LogP contribution is -1.89. The summed E-state index contributed by atoms with van der Waals surface area (Å²) in [5.41, 5.74) is 2.18. The summed E-state index contributed by atoms with van der Waals surface area (Å²) in [7, 11) is 3.18. The van der Waals surface area contributed by atoms with Gasteiger partial charge in [-0.2, -0.15) is 5.26 Å². The zero-order chi connectivity index (χ0) is 13.8. The van der Waals surface area contributed by atoms with Crippen LogP contribution in [0.15, 0.2) is 36.4 Å². The minimum atomic E-state index is 0.557. The Hall–Kier alpha value is -2.18. The van der Waals surface area contributed by atoms with Crippen LogP contribution in [0, 0.1) is 11.3 Å². The van der Waals surface area contributed by atoms with E-state index in [1.807, 2.05) is 12.1 Å². The zero-order valence-electron chi connectivity index (χ0n) is 10.6. The molecule has 0 aliphatic heterocycles. The lowest BCUT2D eigenvalue weighted by molar-refractivity contribution is 0.394. The molecule has 19 heavy (non-hydrogen) atoms. The van der Waals surface area contributed by atoms with Crippen LogP contribution < -0.4 is 9.47 Å². The number of methoxy groups -OCH3 is 2. The minimum Gasteiger partial charge on any atom is -0.497 e. The molecule has 0 aromatic heterocycles. The van der Waals surface area contributed by atoms with Gasteiger partial charge in [0.1, 0.15) is 11.5 Å².